The molecule has 1 aliphatic heterocycles. The van der Waals surface area contributed by atoms with Crippen LogP contribution in [0.5, 0.6) is 5.75 Å². The molecule has 0 radical (unpaired) electrons. The van der Waals surface area contributed by atoms with Crippen molar-refractivity contribution in [3.63, 3.8) is 0 Å². The smallest absolute Gasteiger partial charge is 0.138 e. The van der Waals surface area contributed by atoms with E-state index in [0.717, 1.165) is 13.0 Å². The summed E-state index contributed by atoms with van der Waals surface area (Å²) in [6, 6.07) is 1.99. The molecule has 0 amide bonds. The highest BCUT2D eigenvalue weighted by Gasteiger charge is 2.14. The molecule has 16 heavy (non-hydrogen) atoms. The summed E-state index contributed by atoms with van der Waals surface area (Å²) in [6.45, 7) is 1.02. The summed E-state index contributed by atoms with van der Waals surface area (Å²) in [6.07, 6.45) is 3.83. The second kappa shape index (κ2) is 5.46. The summed E-state index contributed by atoms with van der Waals surface area (Å²) in [5, 5.41) is 3.52. The number of nitrogens with zero attached hydrogens (tertiary/aromatic N) is 1. The largest absolute Gasteiger partial charge is 0.490 e. The van der Waals surface area contributed by atoms with Crippen LogP contribution in [0.3, 0.4) is 0 Å². The van der Waals surface area contributed by atoms with E-state index in [9.17, 15) is 4.39 Å². The van der Waals surface area contributed by atoms with Crippen molar-refractivity contribution in [3.05, 3.63) is 23.0 Å². The van der Waals surface area contributed by atoms with E-state index in [4.69, 9.17) is 16.3 Å². The average molecular weight is 245 g/mol. The normalized spacial score (nSPS) is 20.0. The number of ether oxygens (including phenoxy) is 1. The molecule has 0 bridgehead atoms. The minimum atomic E-state index is -0.620. The van der Waals surface area contributed by atoms with Crippen molar-refractivity contribution in [1.82, 2.24) is 10.3 Å². The molecular weight excluding hydrogens is 231 g/mol. The van der Waals surface area contributed by atoms with Crippen molar-refractivity contribution in [3.8, 4) is 5.75 Å². The maximum absolute atomic E-state index is 12.5. The van der Waals surface area contributed by atoms with Crippen LogP contribution in [-0.4, -0.2) is 24.2 Å². The second-order valence-corrected chi connectivity index (χ2v) is 4.22. The Morgan fingerprint density at radius 3 is 3.19 bits per heavy atom. The molecule has 1 aromatic rings. The SMILES string of the molecule is FCc1cc(OCC2CCCN2)cnc1Cl. The summed E-state index contributed by atoms with van der Waals surface area (Å²) in [4.78, 5) is 3.88. The fourth-order valence-electron chi connectivity index (χ4n) is 1.74. The molecule has 1 atom stereocenters. The minimum absolute atomic E-state index is 0.203. The lowest BCUT2D eigenvalue weighted by atomic mass is 10.2. The molecule has 1 aliphatic rings. The fraction of sp³-hybridized carbons (Fsp3) is 0.545. The number of hydrogen-bond donors (Lipinski definition) is 1. The summed E-state index contributed by atoms with van der Waals surface area (Å²) in [7, 11) is 0. The van der Waals surface area contributed by atoms with E-state index < -0.39 is 6.67 Å². The zero-order valence-electron chi connectivity index (χ0n) is 8.88. The number of halogens is 2. The molecule has 0 spiro atoms. The van der Waals surface area contributed by atoms with Crippen LogP contribution in [0.25, 0.3) is 0 Å². The van der Waals surface area contributed by atoms with Gasteiger partial charge in [0.05, 0.1) is 6.20 Å². The molecule has 1 fully saturated rings. The van der Waals surface area contributed by atoms with Crippen molar-refractivity contribution in [2.24, 2.45) is 0 Å². The molecular formula is C11H14ClFN2O. The molecule has 0 aliphatic carbocycles. The van der Waals surface area contributed by atoms with Gasteiger partial charge in [0.1, 0.15) is 24.2 Å². The Morgan fingerprint density at radius 2 is 2.50 bits per heavy atom. The van der Waals surface area contributed by atoms with Crippen molar-refractivity contribution < 1.29 is 9.13 Å². The van der Waals surface area contributed by atoms with Crippen LogP contribution in [0.1, 0.15) is 18.4 Å². The Morgan fingerprint density at radius 1 is 1.62 bits per heavy atom. The van der Waals surface area contributed by atoms with Gasteiger partial charge in [-0.2, -0.15) is 0 Å². The van der Waals surface area contributed by atoms with Crippen LogP contribution in [0.2, 0.25) is 5.15 Å². The highest BCUT2D eigenvalue weighted by molar-refractivity contribution is 6.30. The molecule has 1 unspecified atom stereocenters. The van der Waals surface area contributed by atoms with E-state index in [-0.39, 0.29) is 5.15 Å². The lowest BCUT2D eigenvalue weighted by Gasteiger charge is -2.12. The Hall–Kier alpha value is -0.870. The monoisotopic (exact) mass is 244 g/mol. The quantitative estimate of drug-likeness (QED) is 0.826. The van der Waals surface area contributed by atoms with Crippen LogP contribution in [0, 0.1) is 0 Å². The third-order valence-corrected chi connectivity index (χ3v) is 2.98. The molecule has 1 N–H and O–H groups in total. The molecule has 2 rings (SSSR count). The second-order valence-electron chi connectivity index (χ2n) is 3.86. The maximum Gasteiger partial charge on any atom is 0.138 e. The Bertz CT molecular complexity index is 356. The molecule has 0 aromatic carbocycles. The number of aromatic nitrogens is 1. The zero-order valence-corrected chi connectivity index (χ0v) is 9.63. The first kappa shape index (κ1) is 11.6. The predicted octanol–water partition coefficient (Wildman–Crippen LogP) is 2.34. The van der Waals surface area contributed by atoms with Crippen LogP contribution < -0.4 is 10.1 Å². The van der Waals surface area contributed by atoms with E-state index in [2.05, 4.69) is 10.3 Å². The van der Waals surface area contributed by atoms with Gasteiger partial charge < -0.3 is 10.1 Å². The number of nitrogens with one attached hydrogen (secondary N) is 1. The Labute approximate surface area is 99.0 Å². The molecule has 1 aromatic heterocycles. The van der Waals surface area contributed by atoms with E-state index in [1.165, 1.54) is 12.6 Å². The third-order valence-electron chi connectivity index (χ3n) is 2.64. The topological polar surface area (TPSA) is 34.1 Å². The molecule has 3 nitrogen and oxygen atoms in total. The first-order valence-corrected chi connectivity index (χ1v) is 5.74. The van der Waals surface area contributed by atoms with Crippen molar-refractivity contribution in [2.75, 3.05) is 13.2 Å². The van der Waals surface area contributed by atoms with Crippen LogP contribution in [0.4, 0.5) is 4.39 Å². The lowest BCUT2D eigenvalue weighted by molar-refractivity contribution is 0.275. The van der Waals surface area contributed by atoms with Gasteiger partial charge in [0.2, 0.25) is 0 Å². The molecule has 0 saturated carbocycles. The van der Waals surface area contributed by atoms with Gasteiger partial charge in [-0.05, 0) is 25.5 Å². The number of hydrogen-bond acceptors (Lipinski definition) is 3. The zero-order chi connectivity index (χ0) is 11.4. The number of pyridine rings is 1. The number of alkyl halides is 1. The lowest BCUT2D eigenvalue weighted by Crippen LogP contribution is -2.28. The fourth-order valence-corrected chi connectivity index (χ4v) is 1.89. The van der Waals surface area contributed by atoms with Crippen molar-refractivity contribution >= 4 is 11.6 Å². The third kappa shape index (κ3) is 2.83. The van der Waals surface area contributed by atoms with Gasteiger partial charge in [0, 0.05) is 11.6 Å². The van der Waals surface area contributed by atoms with E-state index in [1.807, 2.05) is 0 Å². The van der Waals surface area contributed by atoms with Gasteiger partial charge in [-0.25, -0.2) is 9.37 Å². The standard InChI is InChI=1S/C11H14ClFN2O/c12-11-8(5-13)4-10(6-15-11)16-7-9-2-1-3-14-9/h4,6,9,14H,1-3,5,7H2. The van der Waals surface area contributed by atoms with Gasteiger partial charge >= 0.3 is 0 Å². The molecule has 2 heterocycles. The Kier molecular flexibility index (Phi) is 3.96. The van der Waals surface area contributed by atoms with Crippen LogP contribution in [-0.2, 0) is 6.67 Å². The van der Waals surface area contributed by atoms with Gasteiger partial charge in [-0.1, -0.05) is 11.6 Å². The highest BCUT2D eigenvalue weighted by Crippen LogP contribution is 2.20. The van der Waals surface area contributed by atoms with E-state index in [0.29, 0.717) is 24.0 Å². The summed E-state index contributed by atoms with van der Waals surface area (Å²) >= 11 is 5.70. The van der Waals surface area contributed by atoms with Crippen molar-refractivity contribution in [2.45, 2.75) is 25.6 Å². The maximum atomic E-state index is 12.5. The van der Waals surface area contributed by atoms with Gasteiger partial charge in [-0.3, -0.25) is 0 Å². The molecule has 5 heteroatoms. The summed E-state index contributed by atoms with van der Waals surface area (Å²) < 4.78 is 18.1. The first-order valence-electron chi connectivity index (χ1n) is 5.36. The van der Waals surface area contributed by atoms with Crippen molar-refractivity contribution in [1.29, 1.82) is 0 Å². The summed E-state index contributed by atoms with van der Waals surface area (Å²) in [5.41, 5.74) is 0.374. The van der Waals surface area contributed by atoms with Gasteiger partial charge in [0.25, 0.3) is 0 Å². The minimum Gasteiger partial charge on any atom is -0.490 e. The average Bonchev–Trinajstić information content (AvgIpc) is 2.81. The van der Waals surface area contributed by atoms with Gasteiger partial charge in [0.15, 0.2) is 0 Å². The molecule has 1 saturated heterocycles. The van der Waals surface area contributed by atoms with Crippen LogP contribution in [0.15, 0.2) is 12.3 Å². The summed E-state index contributed by atoms with van der Waals surface area (Å²) in [5.74, 6) is 0.575. The van der Waals surface area contributed by atoms with Gasteiger partial charge in [-0.15, -0.1) is 0 Å². The highest BCUT2D eigenvalue weighted by atomic mass is 35.5. The predicted molar refractivity (Wildman–Crippen MR) is 60.6 cm³/mol. The van der Waals surface area contributed by atoms with E-state index >= 15 is 0 Å². The molecule has 88 valence electrons. The Balaban J connectivity index is 1.93. The van der Waals surface area contributed by atoms with E-state index in [1.54, 1.807) is 6.07 Å². The first-order chi connectivity index (χ1) is 7.79. The van der Waals surface area contributed by atoms with Crippen LogP contribution >= 0.6 is 11.6 Å². The number of rotatable bonds is 4.